The highest BCUT2D eigenvalue weighted by Crippen LogP contribution is 2.33. The zero-order chi connectivity index (χ0) is 10.7. The molecule has 15 heavy (non-hydrogen) atoms. The maximum absolute atomic E-state index is 11.2. The van der Waals surface area contributed by atoms with Gasteiger partial charge in [-0.15, -0.1) is 0 Å². The van der Waals surface area contributed by atoms with E-state index in [1.54, 1.807) is 7.11 Å². The van der Waals surface area contributed by atoms with Crippen LogP contribution in [-0.4, -0.2) is 41.5 Å². The fourth-order valence-electron chi connectivity index (χ4n) is 2.26. The van der Waals surface area contributed by atoms with E-state index in [0.717, 1.165) is 36.9 Å². The Balaban J connectivity index is 1.75. The molecular weight excluding hydrogens is 210 g/mol. The summed E-state index contributed by atoms with van der Waals surface area (Å²) in [6.45, 7) is 0.824. The van der Waals surface area contributed by atoms with Crippen molar-refractivity contribution < 1.29 is 8.95 Å². The van der Waals surface area contributed by atoms with Crippen LogP contribution in [0.4, 0.5) is 0 Å². The van der Waals surface area contributed by atoms with E-state index >= 15 is 0 Å². The van der Waals surface area contributed by atoms with Crippen molar-refractivity contribution in [2.24, 2.45) is 5.92 Å². The molecule has 1 aliphatic carbocycles. The monoisotopic (exact) mass is 231 g/mol. The zero-order valence-electron chi connectivity index (χ0n) is 9.41. The minimum Gasteiger partial charge on any atom is -0.383 e. The highest BCUT2D eigenvalue weighted by atomic mass is 32.2. The smallest absolute Gasteiger partial charge is 0.0618 e. The van der Waals surface area contributed by atoms with Gasteiger partial charge in [-0.2, -0.15) is 0 Å². The molecule has 0 aromatic heterocycles. The molecule has 1 atom stereocenters. The molecule has 0 aromatic carbocycles. The molecule has 0 spiro atoms. The Morgan fingerprint density at radius 2 is 2.00 bits per heavy atom. The quantitative estimate of drug-likeness (QED) is 0.764. The molecule has 2 rings (SSSR count). The van der Waals surface area contributed by atoms with Gasteiger partial charge in [0.1, 0.15) is 0 Å². The molecule has 1 saturated carbocycles. The van der Waals surface area contributed by atoms with E-state index in [0.29, 0.717) is 12.1 Å². The van der Waals surface area contributed by atoms with Crippen LogP contribution in [0.5, 0.6) is 0 Å². The fourth-order valence-corrected chi connectivity index (χ4v) is 3.56. The molecule has 3 nitrogen and oxygen atoms in total. The predicted octanol–water partition coefficient (Wildman–Crippen LogP) is 0.912. The lowest BCUT2D eigenvalue weighted by atomic mass is 10.1. The van der Waals surface area contributed by atoms with Crippen LogP contribution in [0.25, 0.3) is 0 Å². The molecule has 4 heteroatoms. The van der Waals surface area contributed by atoms with Crippen LogP contribution < -0.4 is 5.32 Å². The second-order valence-electron chi connectivity index (χ2n) is 4.69. The van der Waals surface area contributed by atoms with Crippen molar-refractivity contribution in [3.63, 3.8) is 0 Å². The Labute approximate surface area is 94.4 Å². The van der Waals surface area contributed by atoms with Gasteiger partial charge in [-0.1, -0.05) is 0 Å². The van der Waals surface area contributed by atoms with Crippen molar-refractivity contribution in [3.8, 4) is 0 Å². The van der Waals surface area contributed by atoms with Gasteiger partial charge in [-0.05, 0) is 31.6 Å². The molecule has 88 valence electrons. The average Bonchev–Trinajstić information content (AvgIpc) is 3.04. The Hall–Kier alpha value is 0.0700. The second kappa shape index (κ2) is 5.41. The molecular formula is C11H21NO2S. The summed E-state index contributed by atoms with van der Waals surface area (Å²) in [7, 11) is 1.23. The van der Waals surface area contributed by atoms with Gasteiger partial charge in [-0.25, -0.2) is 0 Å². The molecule has 2 aliphatic rings. The molecule has 0 amide bonds. The van der Waals surface area contributed by atoms with Crippen LogP contribution in [0.1, 0.15) is 25.7 Å². The molecule has 1 saturated heterocycles. The van der Waals surface area contributed by atoms with Crippen molar-refractivity contribution in [2.45, 2.75) is 37.8 Å². The summed E-state index contributed by atoms with van der Waals surface area (Å²) in [4.78, 5) is 0. The lowest BCUT2D eigenvalue weighted by molar-refractivity contribution is 0.150. The first-order valence-corrected chi connectivity index (χ1v) is 7.38. The van der Waals surface area contributed by atoms with Gasteiger partial charge >= 0.3 is 0 Å². The number of hydrogen-bond acceptors (Lipinski definition) is 3. The molecule has 0 aromatic rings. The summed E-state index contributed by atoms with van der Waals surface area (Å²) >= 11 is 0. The third-order valence-electron chi connectivity index (χ3n) is 3.38. The number of nitrogens with one attached hydrogen (secondary N) is 1. The van der Waals surface area contributed by atoms with E-state index in [2.05, 4.69) is 5.32 Å². The van der Waals surface area contributed by atoms with Gasteiger partial charge < -0.3 is 10.1 Å². The summed E-state index contributed by atoms with van der Waals surface area (Å²) in [5.74, 6) is 2.58. The summed E-state index contributed by atoms with van der Waals surface area (Å²) in [5.41, 5.74) is 0. The van der Waals surface area contributed by atoms with E-state index in [9.17, 15) is 4.21 Å². The number of ether oxygens (including phenoxy) is 1. The minimum atomic E-state index is -0.546. The third-order valence-corrected chi connectivity index (χ3v) is 4.76. The SMILES string of the molecule is COCC(NC1CCS(=O)CC1)C1CC1. The molecule has 1 unspecified atom stereocenters. The van der Waals surface area contributed by atoms with Crippen molar-refractivity contribution in [1.29, 1.82) is 0 Å². The standard InChI is InChI=1S/C11H21NO2S/c1-14-8-11(9-2-3-9)12-10-4-6-15(13)7-5-10/h9-12H,2-8H2,1H3. The van der Waals surface area contributed by atoms with Gasteiger partial charge in [0.2, 0.25) is 0 Å². The Morgan fingerprint density at radius 1 is 1.33 bits per heavy atom. The van der Waals surface area contributed by atoms with Gasteiger partial charge in [0.05, 0.1) is 6.61 Å². The first-order chi connectivity index (χ1) is 7.29. The molecule has 0 radical (unpaired) electrons. The zero-order valence-corrected chi connectivity index (χ0v) is 10.2. The molecule has 2 fully saturated rings. The first-order valence-electron chi connectivity index (χ1n) is 5.89. The van der Waals surface area contributed by atoms with Crippen molar-refractivity contribution >= 4 is 10.8 Å². The van der Waals surface area contributed by atoms with Crippen LogP contribution in [-0.2, 0) is 15.5 Å². The van der Waals surface area contributed by atoms with Crippen molar-refractivity contribution in [3.05, 3.63) is 0 Å². The Morgan fingerprint density at radius 3 is 2.53 bits per heavy atom. The lowest BCUT2D eigenvalue weighted by Gasteiger charge is -2.28. The van der Waals surface area contributed by atoms with Gasteiger partial charge in [0, 0.05) is 41.5 Å². The minimum absolute atomic E-state index is 0.534. The maximum atomic E-state index is 11.2. The molecule has 0 bridgehead atoms. The lowest BCUT2D eigenvalue weighted by Crippen LogP contribution is -2.45. The highest BCUT2D eigenvalue weighted by molar-refractivity contribution is 7.85. The maximum Gasteiger partial charge on any atom is 0.0618 e. The van der Waals surface area contributed by atoms with Crippen LogP contribution in [0, 0.1) is 5.92 Å². The van der Waals surface area contributed by atoms with E-state index in [-0.39, 0.29) is 0 Å². The molecule has 1 heterocycles. The average molecular weight is 231 g/mol. The Bertz CT molecular complexity index is 221. The fraction of sp³-hybridized carbons (Fsp3) is 1.00. The molecule has 1 aliphatic heterocycles. The van der Waals surface area contributed by atoms with Crippen molar-refractivity contribution in [1.82, 2.24) is 5.32 Å². The number of methoxy groups -OCH3 is 1. The summed E-state index contributed by atoms with van der Waals surface area (Å²) in [5, 5.41) is 3.68. The first kappa shape index (κ1) is 11.6. The highest BCUT2D eigenvalue weighted by Gasteiger charge is 2.33. The van der Waals surface area contributed by atoms with Crippen LogP contribution in [0.15, 0.2) is 0 Å². The van der Waals surface area contributed by atoms with Crippen LogP contribution in [0.3, 0.4) is 0 Å². The predicted molar refractivity (Wildman–Crippen MR) is 62.4 cm³/mol. The number of hydrogen-bond donors (Lipinski definition) is 1. The molecule has 1 N–H and O–H groups in total. The third kappa shape index (κ3) is 3.54. The number of rotatable bonds is 5. The topological polar surface area (TPSA) is 38.3 Å². The van der Waals surface area contributed by atoms with Gasteiger partial charge in [0.15, 0.2) is 0 Å². The van der Waals surface area contributed by atoms with E-state index in [1.807, 2.05) is 0 Å². The summed E-state index contributed by atoms with van der Waals surface area (Å²) in [6, 6.07) is 1.11. The van der Waals surface area contributed by atoms with Crippen molar-refractivity contribution in [2.75, 3.05) is 25.2 Å². The Kier molecular flexibility index (Phi) is 4.17. The van der Waals surface area contributed by atoms with E-state index < -0.39 is 10.8 Å². The normalized spacial score (nSPS) is 33.9. The van der Waals surface area contributed by atoms with Gasteiger partial charge in [-0.3, -0.25) is 4.21 Å². The van der Waals surface area contributed by atoms with Crippen LogP contribution in [0.2, 0.25) is 0 Å². The van der Waals surface area contributed by atoms with Gasteiger partial charge in [0.25, 0.3) is 0 Å². The largest absolute Gasteiger partial charge is 0.383 e. The second-order valence-corrected chi connectivity index (χ2v) is 6.38. The summed E-state index contributed by atoms with van der Waals surface area (Å²) in [6.07, 6.45) is 4.83. The summed E-state index contributed by atoms with van der Waals surface area (Å²) < 4.78 is 16.5. The van der Waals surface area contributed by atoms with Crippen LogP contribution >= 0.6 is 0 Å². The van der Waals surface area contributed by atoms with E-state index in [1.165, 1.54) is 12.8 Å². The van der Waals surface area contributed by atoms with E-state index in [4.69, 9.17) is 4.74 Å².